The highest BCUT2D eigenvalue weighted by molar-refractivity contribution is 14.1. The van der Waals surface area contributed by atoms with Gasteiger partial charge < -0.3 is 10.4 Å². The van der Waals surface area contributed by atoms with Crippen molar-refractivity contribution in [3.05, 3.63) is 20.3 Å². The monoisotopic (exact) mass is 447 g/mol. The molecular weight excluding hydrogens is 427 g/mol. The molecule has 0 aromatic rings. The summed E-state index contributed by atoms with van der Waals surface area (Å²) in [7, 11) is 0. The number of halogens is 4. The highest BCUT2D eigenvalue weighted by Crippen LogP contribution is 2.64. The smallest absolute Gasteiger partial charge is 0.405 e. The van der Waals surface area contributed by atoms with Crippen LogP contribution >= 0.6 is 34.2 Å². The third-order valence-corrected chi connectivity index (χ3v) is 6.04. The second-order valence-electron chi connectivity index (χ2n) is 7.48. The van der Waals surface area contributed by atoms with Gasteiger partial charge in [0.15, 0.2) is 5.83 Å². The maximum Gasteiger partial charge on any atom is 0.405 e. The lowest BCUT2D eigenvalue weighted by molar-refractivity contribution is -0.0400. The summed E-state index contributed by atoms with van der Waals surface area (Å²) < 4.78 is 29.6. The topological polar surface area (TPSA) is 49.3 Å². The third kappa shape index (κ3) is 2.77. The maximum atomic E-state index is 15.2. The van der Waals surface area contributed by atoms with Crippen LogP contribution in [0.5, 0.6) is 0 Å². The molecule has 1 aliphatic rings. The molecule has 1 atom stereocenters. The fraction of sp³-hybridized carbons (Fsp3) is 0.667. The fourth-order valence-electron chi connectivity index (χ4n) is 3.76. The van der Waals surface area contributed by atoms with Gasteiger partial charge >= 0.3 is 6.09 Å². The van der Waals surface area contributed by atoms with Crippen LogP contribution in [-0.2, 0) is 0 Å². The molecule has 22 heavy (non-hydrogen) atoms. The van der Waals surface area contributed by atoms with Crippen LogP contribution in [0.15, 0.2) is 20.3 Å². The van der Waals surface area contributed by atoms with Gasteiger partial charge in [-0.25, -0.2) is 13.6 Å². The van der Waals surface area contributed by atoms with E-state index in [-0.39, 0.29) is 8.61 Å². The first-order chi connectivity index (χ1) is 9.69. The highest BCUT2D eigenvalue weighted by Gasteiger charge is 2.63. The van der Waals surface area contributed by atoms with Crippen LogP contribution in [0.25, 0.3) is 0 Å². The van der Waals surface area contributed by atoms with Crippen LogP contribution in [0.4, 0.5) is 13.6 Å². The Hall–Kier alpha value is -0.370. The van der Waals surface area contributed by atoms with E-state index in [4.69, 9.17) is 16.7 Å². The van der Waals surface area contributed by atoms with E-state index in [2.05, 4.69) is 5.32 Å². The summed E-state index contributed by atoms with van der Waals surface area (Å²) in [5, 5.41) is 11.4. The van der Waals surface area contributed by atoms with Crippen molar-refractivity contribution in [3.63, 3.8) is 0 Å². The molecule has 0 saturated carbocycles. The molecular formula is C15H21ClF2INO2. The van der Waals surface area contributed by atoms with E-state index < -0.39 is 40.0 Å². The zero-order chi connectivity index (χ0) is 17.7. The number of allylic oxidation sites excluding steroid dienone is 2. The fourth-order valence-corrected chi connectivity index (χ4v) is 4.61. The zero-order valence-electron chi connectivity index (χ0n) is 13.4. The number of amides is 1. The molecule has 2 N–H and O–H groups in total. The Balaban J connectivity index is 3.87. The van der Waals surface area contributed by atoms with E-state index in [1.54, 1.807) is 64.1 Å². The van der Waals surface area contributed by atoms with Crippen molar-refractivity contribution < 1.29 is 18.7 Å². The van der Waals surface area contributed by atoms with Gasteiger partial charge in [0.1, 0.15) is 5.83 Å². The summed E-state index contributed by atoms with van der Waals surface area (Å²) in [5.41, 5.74) is -3.05. The Labute approximate surface area is 148 Å². The lowest BCUT2D eigenvalue weighted by atomic mass is 9.49. The van der Waals surface area contributed by atoms with Crippen LogP contribution in [0, 0.1) is 16.2 Å². The molecule has 1 rings (SSSR count). The summed E-state index contributed by atoms with van der Waals surface area (Å²) in [6, 6.07) is -1.07. The summed E-state index contributed by atoms with van der Waals surface area (Å²) in [6.07, 6.45) is -1.33. The molecule has 0 fully saturated rings. The van der Waals surface area contributed by atoms with Crippen molar-refractivity contribution in [1.82, 2.24) is 5.32 Å². The molecule has 3 nitrogen and oxygen atoms in total. The molecule has 0 aromatic heterocycles. The molecule has 0 bridgehead atoms. The quantitative estimate of drug-likeness (QED) is 0.503. The van der Waals surface area contributed by atoms with Gasteiger partial charge in [-0.15, -0.1) is 0 Å². The van der Waals surface area contributed by atoms with Crippen molar-refractivity contribution in [2.75, 3.05) is 0 Å². The normalized spacial score (nSPS) is 22.9. The van der Waals surface area contributed by atoms with Crippen LogP contribution in [0.2, 0.25) is 0 Å². The first-order valence-corrected chi connectivity index (χ1v) is 8.26. The Morgan fingerprint density at radius 3 is 1.95 bits per heavy atom. The summed E-state index contributed by atoms with van der Waals surface area (Å²) in [4.78, 5) is 11.2. The predicted molar refractivity (Wildman–Crippen MR) is 92.4 cm³/mol. The summed E-state index contributed by atoms with van der Waals surface area (Å²) in [6.45, 7) is 10.5. The van der Waals surface area contributed by atoms with E-state index in [1.165, 1.54) is 0 Å². The zero-order valence-corrected chi connectivity index (χ0v) is 16.4. The molecule has 1 unspecified atom stereocenters. The minimum absolute atomic E-state index is 0.0215. The van der Waals surface area contributed by atoms with E-state index in [1.807, 2.05) is 0 Å². The Morgan fingerprint density at radius 1 is 1.23 bits per heavy atom. The molecule has 0 radical (unpaired) electrons. The lowest BCUT2D eigenvalue weighted by Crippen LogP contribution is -2.62. The van der Waals surface area contributed by atoms with Crippen LogP contribution in [0.3, 0.4) is 0 Å². The van der Waals surface area contributed by atoms with Gasteiger partial charge in [-0.1, -0.05) is 53.1 Å². The lowest BCUT2D eigenvalue weighted by Gasteiger charge is -2.57. The van der Waals surface area contributed by atoms with Gasteiger partial charge in [-0.05, 0) is 33.4 Å². The van der Waals surface area contributed by atoms with Gasteiger partial charge in [0.2, 0.25) is 0 Å². The predicted octanol–water partition coefficient (Wildman–Crippen LogP) is 5.75. The Bertz CT molecular complexity index is 545. The molecule has 0 heterocycles. The van der Waals surface area contributed by atoms with Gasteiger partial charge in [0.25, 0.3) is 0 Å². The van der Waals surface area contributed by atoms with Crippen molar-refractivity contribution in [3.8, 4) is 0 Å². The van der Waals surface area contributed by atoms with Gasteiger partial charge in [-0.2, -0.15) is 0 Å². The van der Waals surface area contributed by atoms with E-state index in [0.717, 1.165) is 0 Å². The second kappa shape index (κ2) is 5.92. The van der Waals surface area contributed by atoms with Crippen LogP contribution < -0.4 is 5.32 Å². The highest BCUT2D eigenvalue weighted by atomic mass is 127. The van der Waals surface area contributed by atoms with Gasteiger partial charge in [0.05, 0.1) is 20.1 Å². The van der Waals surface area contributed by atoms with E-state index in [9.17, 15) is 9.18 Å². The summed E-state index contributed by atoms with van der Waals surface area (Å²) in [5.74, 6) is -1.97. The first kappa shape index (κ1) is 19.7. The number of hydrogen-bond acceptors (Lipinski definition) is 1. The first-order valence-electron chi connectivity index (χ1n) is 6.80. The van der Waals surface area contributed by atoms with Crippen molar-refractivity contribution >= 4 is 40.3 Å². The van der Waals surface area contributed by atoms with E-state index in [0.29, 0.717) is 0 Å². The number of nitrogens with one attached hydrogen (secondary N) is 1. The standard InChI is InChI=1S/C15H21ClF2INO2/c1-13(2,3)15(14(4,5)6)10(18)8(17)9(19)7(16)11(15)20-12(21)22/h11,20H,1-6H3,(H,21,22). The molecule has 0 aromatic carbocycles. The molecule has 1 aliphatic carbocycles. The maximum absolute atomic E-state index is 15.2. The number of hydrogen-bond donors (Lipinski definition) is 2. The molecule has 126 valence electrons. The average Bonchev–Trinajstić information content (AvgIpc) is 2.29. The molecule has 7 heteroatoms. The summed E-state index contributed by atoms with van der Waals surface area (Å²) >= 11 is 7.84. The number of carboxylic acid groups (broad SMARTS) is 1. The van der Waals surface area contributed by atoms with Crippen molar-refractivity contribution in [1.29, 1.82) is 0 Å². The largest absolute Gasteiger partial charge is 0.465 e. The molecule has 0 aliphatic heterocycles. The van der Waals surface area contributed by atoms with Crippen LogP contribution in [-0.4, -0.2) is 17.2 Å². The molecule has 0 spiro atoms. The minimum Gasteiger partial charge on any atom is -0.465 e. The van der Waals surface area contributed by atoms with Gasteiger partial charge in [-0.3, -0.25) is 0 Å². The number of carbonyl (C=O) groups is 1. The molecule has 0 saturated heterocycles. The Kier molecular flexibility index (Phi) is 5.30. The minimum atomic E-state index is -1.46. The SMILES string of the molecule is CC(C)(C)C1(C(C)(C)C)C(F)=C(F)C(I)=C(Cl)C1NC(=O)O. The number of rotatable bonds is 1. The van der Waals surface area contributed by atoms with Crippen molar-refractivity contribution in [2.45, 2.75) is 47.6 Å². The van der Waals surface area contributed by atoms with Crippen LogP contribution in [0.1, 0.15) is 41.5 Å². The third-order valence-electron chi connectivity index (χ3n) is 4.26. The van der Waals surface area contributed by atoms with E-state index >= 15 is 4.39 Å². The molecule has 1 amide bonds. The van der Waals surface area contributed by atoms with Crippen molar-refractivity contribution in [2.24, 2.45) is 16.2 Å². The van der Waals surface area contributed by atoms with Gasteiger partial charge in [0, 0.05) is 0 Å². The Morgan fingerprint density at radius 2 is 1.64 bits per heavy atom. The second-order valence-corrected chi connectivity index (χ2v) is 8.97. The average molecular weight is 448 g/mol.